The Hall–Kier alpha value is -1.75. The first-order chi connectivity index (χ1) is 11.6. The topological polar surface area (TPSA) is 64.8 Å². The van der Waals surface area contributed by atoms with E-state index in [0.29, 0.717) is 32.0 Å². The van der Waals surface area contributed by atoms with E-state index in [1.54, 1.807) is 0 Å². The lowest BCUT2D eigenvalue weighted by atomic mass is 9.92. The van der Waals surface area contributed by atoms with Crippen molar-refractivity contribution >= 4 is 5.91 Å². The van der Waals surface area contributed by atoms with Crippen LogP contribution in [0.25, 0.3) is 0 Å². The van der Waals surface area contributed by atoms with Gasteiger partial charge in [0.05, 0.1) is 13.2 Å². The molecule has 0 bridgehead atoms. The maximum absolute atomic E-state index is 12.4. The number of ether oxygens (including phenoxy) is 2. The summed E-state index contributed by atoms with van der Waals surface area (Å²) in [7, 11) is 0. The fourth-order valence-electron chi connectivity index (χ4n) is 3.07. The Morgan fingerprint density at radius 3 is 2.71 bits per heavy atom. The second kappa shape index (κ2) is 9.52. The first-order valence-electron chi connectivity index (χ1n) is 8.99. The van der Waals surface area contributed by atoms with Crippen molar-refractivity contribution < 1.29 is 14.3 Å². The average Bonchev–Trinajstić information content (AvgIpc) is 2.60. The molecule has 1 amide bonds. The van der Waals surface area contributed by atoms with Crippen LogP contribution in [0.5, 0.6) is 11.5 Å². The van der Waals surface area contributed by atoms with Crippen molar-refractivity contribution in [3.63, 3.8) is 0 Å². The summed E-state index contributed by atoms with van der Waals surface area (Å²) in [6, 6.07) is 7.78. The number of para-hydroxylation sites is 2. The second-order valence-electron chi connectivity index (χ2n) is 6.43. The number of carbonyl (C=O) groups excluding carboxylic acids is 1. The smallest absolute Gasteiger partial charge is 0.222 e. The summed E-state index contributed by atoms with van der Waals surface area (Å²) < 4.78 is 11.3. The van der Waals surface area contributed by atoms with Gasteiger partial charge in [0.25, 0.3) is 0 Å². The minimum absolute atomic E-state index is 0.152. The van der Waals surface area contributed by atoms with Crippen LogP contribution in [0.2, 0.25) is 0 Å². The molecule has 5 nitrogen and oxygen atoms in total. The molecule has 5 heteroatoms. The van der Waals surface area contributed by atoms with Crippen LogP contribution in [0.4, 0.5) is 0 Å². The van der Waals surface area contributed by atoms with Crippen molar-refractivity contribution in [1.82, 2.24) is 4.90 Å². The van der Waals surface area contributed by atoms with Crippen molar-refractivity contribution in [2.24, 2.45) is 11.7 Å². The summed E-state index contributed by atoms with van der Waals surface area (Å²) in [6.45, 7) is 6.75. The molecule has 0 radical (unpaired) electrons. The van der Waals surface area contributed by atoms with Crippen LogP contribution in [-0.4, -0.2) is 43.2 Å². The van der Waals surface area contributed by atoms with Gasteiger partial charge in [0.1, 0.15) is 0 Å². The molecule has 0 aromatic heterocycles. The van der Waals surface area contributed by atoms with Crippen molar-refractivity contribution in [3.05, 3.63) is 24.3 Å². The van der Waals surface area contributed by atoms with Crippen LogP contribution in [0.15, 0.2) is 24.3 Å². The Labute approximate surface area is 145 Å². The third kappa shape index (κ3) is 5.41. The van der Waals surface area contributed by atoms with Gasteiger partial charge >= 0.3 is 0 Å². The molecule has 2 atom stereocenters. The standard InChI is InChI=1S/C19H30N2O3/c1-3-23-17-9-4-5-10-18(17)24-13-7-11-19(22)21-12-6-8-16(14-21)15(2)20/h4-5,9-10,15-16H,3,6-8,11-14,20H2,1-2H3. The molecule has 1 aromatic rings. The van der Waals surface area contributed by atoms with Crippen molar-refractivity contribution in [2.75, 3.05) is 26.3 Å². The van der Waals surface area contributed by atoms with E-state index in [4.69, 9.17) is 15.2 Å². The van der Waals surface area contributed by atoms with Crippen molar-refractivity contribution in [1.29, 1.82) is 0 Å². The van der Waals surface area contributed by atoms with E-state index in [2.05, 4.69) is 0 Å². The molecule has 0 saturated carbocycles. The lowest BCUT2D eigenvalue weighted by Gasteiger charge is -2.34. The fourth-order valence-corrected chi connectivity index (χ4v) is 3.07. The van der Waals surface area contributed by atoms with E-state index in [1.165, 1.54) is 0 Å². The van der Waals surface area contributed by atoms with Gasteiger partial charge in [0, 0.05) is 25.6 Å². The molecule has 134 valence electrons. The van der Waals surface area contributed by atoms with E-state index in [0.717, 1.165) is 37.4 Å². The molecule has 1 fully saturated rings. The first kappa shape index (κ1) is 18.6. The van der Waals surface area contributed by atoms with Crippen LogP contribution in [-0.2, 0) is 4.79 Å². The van der Waals surface area contributed by atoms with Gasteiger partial charge < -0.3 is 20.1 Å². The van der Waals surface area contributed by atoms with Crippen LogP contribution >= 0.6 is 0 Å². The normalized spacial score (nSPS) is 19.0. The Morgan fingerprint density at radius 2 is 2.04 bits per heavy atom. The van der Waals surface area contributed by atoms with Gasteiger partial charge in [-0.15, -0.1) is 0 Å². The van der Waals surface area contributed by atoms with Gasteiger partial charge in [-0.1, -0.05) is 12.1 Å². The number of hydrogen-bond acceptors (Lipinski definition) is 4. The van der Waals surface area contributed by atoms with E-state index in [9.17, 15) is 4.79 Å². The molecular weight excluding hydrogens is 304 g/mol. The van der Waals surface area contributed by atoms with Crippen LogP contribution < -0.4 is 15.2 Å². The highest BCUT2D eigenvalue weighted by atomic mass is 16.5. The third-order valence-electron chi connectivity index (χ3n) is 4.50. The number of nitrogens with two attached hydrogens (primary N) is 1. The van der Waals surface area contributed by atoms with E-state index in [-0.39, 0.29) is 11.9 Å². The zero-order valence-corrected chi connectivity index (χ0v) is 14.9. The lowest BCUT2D eigenvalue weighted by Crippen LogP contribution is -2.45. The number of benzene rings is 1. The van der Waals surface area contributed by atoms with Gasteiger partial charge in [0.15, 0.2) is 11.5 Å². The van der Waals surface area contributed by atoms with Crippen LogP contribution in [0.3, 0.4) is 0 Å². The molecule has 0 spiro atoms. The molecule has 2 rings (SSSR count). The fraction of sp³-hybridized carbons (Fsp3) is 0.632. The number of carbonyl (C=O) groups is 1. The summed E-state index contributed by atoms with van der Waals surface area (Å²) in [5, 5.41) is 0. The minimum atomic E-state index is 0.152. The van der Waals surface area contributed by atoms with Gasteiger partial charge in [-0.3, -0.25) is 4.79 Å². The zero-order chi connectivity index (χ0) is 17.4. The highest BCUT2D eigenvalue weighted by molar-refractivity contribution is 5.76. The third-order valence-corrected chi connectivity index (χ3v) is 4.50. The van der Waals surface area contributed by atoms with Crippen LogP contribution in [0.1, 0.15) is 39.5 Å². The maximum atomic E-state index is 12.4. The van der Waals surface area contributed by atoms with Gasteiger partial charge in [-0.2, -0.15) is 0 Å². The molecule has 1 aliphatic rings. The SMILES string of the molecule is CCOc1ccccc1OCCCC(=O)N1CCCC(C(C)N)C1. The molecule has 1 saturated heterocycles. The number of piperidine rings is 1. The lowest BCUT2D eigenvalue weighted by molar-refractivity contribution is -0.133. The van der Waals surface area contributed by atoms with Crippen molar-refractivity contribution in [3.8, 4) is 11.5 Å². The monoisotopic (exact) mass is 334 g/mol. The first-order valence-corrected chi connectivity index (χ1v) is 8.99. The predicted molar refractivity (Wildman–Crippen MR) is 95.3 cm³/mol. The van der Waals surface area contributed by atoms with Crippen LogP contribution in [0, 0.1) is 5.92 Å². The summed E-state index contributed by atoms with van der Waals surface area (Å²) in [6.07, 6.45) is 3.40. The molecule has 2 N–H and O–H groups in total. The number of amides is 1. The Balaban J connectivity index is 1.73. The summed E-state index contributed by atoms with van der Waals surface area (Å²) in [4.78, 5) is 14.3. The zero-order valence-electron chi connectivity index (χ0n) is 14.9. The summed E-state index contributed by atoms with van der Waals surface area (Å²) in [5.41, 5.74) is 5.98. The second-order valence-corrected chi connectivity index (χ2v) is 6.43. The molecule has 0 aliphatic carbocycles. The largest absolute Gasteiger partial charge is 0.490 e. The molecule has 1 heterocycles. The van der Waals surface area contributed by atoms with Gasteiger partial charge in [-0.25, -0.2) is 0 Å². The average molecular weight is 334 g/mol. The Bertz CT molecular complexity index is 519. The number of likely N-dealkylation sites (tertiary alicyclic amines) is 1. The maximum Gasteiger partial charge on any atom is 0.222 e. The quantitative estimate of drug-likeness (QED) is 0.743. The number of hydrogen-bond donors (Lipinski definition) is 1. The van der Waals surface area contributed by atoms with E-state index < -0.39 is 0 Å². The van der Waals surface area contributed by atoms with E-state index in [1.807, 2.05) is 43.0 Å². The molecule has 1 aliphatic heterocycles. The number of rotatable bonds is 8. The highest BCUT2D eigenvalue weighted by Crippen LogP contribution is 2.26. The summed E-state index contributed by atoms with van der Waals surface area (Å²) in [5.74, 6) is 2.13. The molecule has 24 heavy (non-hydrogen) atoms. The Morgan fingerprint density at radius 1 is 1.33 bits per heavy atom. The van der Waals surface area contributed by atoms with Gasteiger partial charge in [-0.05, 0) is 51.2 Å². The predicted octanol–water partition coefficient (Wildman–Crippen LogP) is 2.83. The molecular formula is C19H30N2O3. The Kier molecular flexibility index (Phi) is 7.37. The highest BCUT2D eigenvalue weighted by Gasteiger charge is 2.25. The molecule has 1 aromatic carbocycles. The van der Waals surface area contributed by atoms with Gasteiger partial charge in [0.2, 0.25) is 5.91 Å². The number of nitrogens with zero attached hydrogens (tertiary/aromatic N) is 1. The minimum Gasteiger partial charge on any atom is -0.490 e. The van der Waals surface area contributed by atoms with Crippen molar-refractivity contribution in [2.45, 2.75) is 45.6 Å². The summed E-state index contributed by atoms with van der Waals surface area (Å²) >= 11 is 0. The van der Waals surface area contributed by atoms with E-state index >= 15 is 0 Å². The molecule has 2 unspecified atom stereocenters.